The number of halogens is 1. The molecule has 0 amide bonds. The van der Waals surface area contributed by atoms with Crippen molar-refractivity contribution in [2.24, 2.45) is 0 Å². The molecular formula is C23H50ClNO2Si. The molecule has 0 aromatic rings. The normalized spacial score (nSPS) is 13.2. The van der Waals surface area contributed by atoms with Crippen molar-refractivity contribution in [1.29, 1.82) is 0 Å². The summed E-state index contributed by atoms with van der Waals surface area (Å²) in [5.74, 6) is 0. The van der Waals surface area contributed by atoms with Crippen LogP contribution in [0.5, 0.6) is 0 Å². The molecule has 1 unspecified atom stereocenters. The molecule has 0 aliphatic carbocycles. The highest BCUT2D eigenvalue weighted by Gasteiger charge is 2.43. The van der Waals surface area contributed by atoms with Gasteiger partial charge in [0.25, 0.3) is 0 Å². The van der Waals surface area contributed by atoms with Gasteiger partial charge in [0.05, 0.1) is 5.00 Å². The van der Waals surface area contributed by atoms with E-state index in [4.69, 9.17) is 20.5 Å². The molecule has 0 aliphatic heterocycles. The van der Waals surface area contributed by atoms with Crippen molar-refractivity contribution in [3.05, 3.63) is 0 Å². The van der Waals surface area contributed by atoms with Gasteiger partial charge < -0.3 is 8.85 Å². The van der Waals surface area contributed by atoms with E-state index in [1.54, 1.807) is 14.2 Å². The van der Waals surface area contributed by atoms with Crippen LogP contribution in [0.3, 0.4) is 0 Å². The van der Waals surface area contributed by atoms with Crippen LogP contribution in [0.15, 0.2) is 0 Å². The molecule has 0 spiro atoms. The molecule has 5 heteroatoms. The van der Waals surface area contributed by atoms with Gasteiger partial charge in [-0.25, -0.2) is 0 Å². The van der Waals surface area contributed by atoms with E-state index in [2.05, 4.69) is 18.8 Å². The average molecular weight is 436 g/mol. The molecule has 0 aliphatic rings. The van der Waals surface area contributed by atoms with Gasteiger partial charge in [0, 0.05) is 14.2 Å². The minimum atomic E-state index is -2.44. The minimum Gasteiger partial charge on any atom is -0.385 e. The molecule has 0 radical (unpaired) electrons. The van der Waals surface area contributed by atoms with E-state index in [1.807, 2.05) is 0 Å². The summed E-state index contributed by atoms with van der Waals surface area (Å²) < 4.78 is 11.3. The second kappa shape index (κ2) is 20.7. The summed E-state index contributed by atoms with van der Waals surface area (Å²) in [6.07, 6.45) is 23.2. The molecule has 0 aromatic heterocycles. The Morgan fingerprint density at radius 3 is 1.32 bits per heavy atom. The minimum absolute atomic E-state index is 0.0523. The van der Waals surface area contributed by atoms with Gasteiger partial charge in [0.15, 0.2) is 0 Å². The van der Waals surface area contributed by atoms with Crippen LogP contribution in [0.4, 0.5) is 0 Å². The lowest BCUT2D eigenvalue weighted by Crippen LogP contribution is -2.62. The smallest absolute Gasteiger partial charge is 0.385 e. The lowest BCUT2D eigenvalue weighted by molar-refractivity contribution is 0.223. The van der Waals surface area contributed by atoms with Crippen molar-refractivity contribution in [2.75, 3.05) is 20.8 Å². The third-order valence-corrected chi connectivity index (χ3v) is 10.1. The first-order chi connectivity index (χ1) is 13.7. The van der Waals surface area contributed by atoms with Gasteiger partial charge in [-0.3, -0.25) is 4.98 Å². The molecule has 170 valence electrons. The van der Waals surface area contributed by atoms with Gasteiger partial charge in [0.2, 0.25) is 0 Å². The van der Waals surface area contributed by atoms with Gasteiger partial charge in [-0.1, -0.05) is 110 Å². The SMILES string of the molecule is CCCCCCCCCCCCCCCCCCN[Si](OC)(OC)C(Cl)CC. The molecule has 0 rings (SSSR count). The predicted octanol–water partition coefficient (Wildman–Crippen LogP) is 7.63. The quantitative estimate of drug-likeness (QED) is 0.108. The number of hydrogen-bond acceptors (Lipinski definition) is 3. The Bertz CT molecular complexity index is 317. The standard InChI is InChI=1S/C23H50ClNO2Si/c1-5-7-8-9-10-11-12-13-14-15-16-17-18-19-20-21-22-25-28(26-3,27-4)23(24)6-2/h23,25H,5-22H2,1-4H3. The number of rotatable bonds is 22. The van der Waals surface area contributed by atoms with E-state index in [-0.39, 0.29) is 5.00 Å². The molecule has 28 heavy (non-hydrogen) atoms. The van der Waals surface area contributed by atoms with Gasteiger partial charge >= 0.3 is 8.72 Å². The molecule has 1 N–H and O–H groups in total. The monoisotopic (exact) mass is 435 g/mol. The third-order valence-electron chi connectivity index (χ3n) is 5.78. The maximum Gasteiger partial charge on any atom is 0.443 e. The number of nitrogens with one attached hydrogen (secondary N) is 1. The molecule has 3 nitrogen and oxygen atoms in total. The zero-order chi connectivity index (χ0) is 20.9. The number of unbranched alkanes of at least 4 members (excludes halogenated alkanes) is 15. The van der Waals surface area contributed by atoms with Crippen LogP contribution in [0.25, 0.3) is 0 Å². The Labute approximate surface area is 183 Å². The highest BCUT2D eigenvalue weighted by atomic mass is 35.5. The van der Waals surface area contributed by atoms with Gasteiger partial charge in [-0.2, -0.15) is 0 Å². The molecule has 0 heterocycles. The van der Waals surface area contributed by atoms with E-state index in [9.17, 15) is 0 Å². The first-order valence-electron chi connectivity index (χ1n) is 12.2. The van der Waals surface area contributed by atoms with Crippen LogP contribution >= 0.6 is 11.6 Å². The van der Waals surface area contributed by atoms with Crippen molar-refractivity contribution in [3.8, 4) is 0 Å². The Hall–Kier alpha value is 0.387. The predicted molar refractivity (Wildman–Crippen MR) is 127 cm³/mol. The summed E-state index contributed by atoms with van der Waals surface area (Å²) >= 11 is 6.41. The van der Waals surface area contributed by atoms with E-state index in [0.717, 1.165) is 13.0 Å². The molecule has 1 atom stereocenters. The molecular weight excluding hydrogens is 386 g/mol. The van der Waals surface area contributed by atoms with Crippen molar-refractivity contribution in [1.82, 2.24) is 4.98 Å². The zero-order valence-corrected chi connectivity index (χ0v) is 21.3. The first kappa shape index (κ1) is 28.4. The van der Waals surface area contributed by atoms with Crippen LogP contribution in [0.2, 0.25) is 0 Å². The fourth-order valence-corrected chi connectivity index (χ4v) is 6.82. The van der Waals surface area contributed by atoms with E-state index < -0.39 is 8.72 Å². The Morgan fingerprint density at radius 2 is 1.00 bits per heavy atom. The topological polar surface area (TPSA) is 30.5 Å². The third kappa shape index (κ3) is 14.4. The summed E-state index contributed by atoms with van der Waals surface area (Å²) in [5, 5.41) is -0.0523. The maximum atomic E-state index is 6.41. The molecule has 0 aromatic carbocycles. The van der Waals surface area contributed by atoms with Crippen LogP contribution in [-0.4, -0.2) is 34.5 Å². The first-order valence-corrected chi connectivity index (χ1v) is 14.5. The number of hydrogen-bond donors (Lipinski definition) is 1. The molecule has 0 saturated heterocycles. The van der Waals surface area contributed by atoms with E-state index in [0.29, 0.717) is 0 Å². The number of alkyl halides is 1. The highest BCUT2D eigenvalue weighted by molar-refractivity contribution is 6.74. The summed E-state index contributed by atoms with van der Waals surface area (Å²) in [4.78, 5) is 3.50. The van der Waals surface area contributed by atoms with Gasteiger partial charge in [-0.05, 0) is 19.4 Å². The van der Waals surface area contributed by atoms with Crippen molar-refractivity contribution in [2.45, 2.75) is 128 Å². The second-order valence-electron chi connectivity index (χ2n) is 8.18. The van der Waals surface area contributed by atoms with Gasteiger partial charge in [0.1, 0.15) is 0 Å². The maximum absolute atomic E-state index is 6.41. The van der Waals surface area contributed by atoms with Crippen LogP contribution in [-0.2, 0) is 8.85 Å². The van der Waals surface area contributed by atoms with E-state index >= 15 is 0 Å². The fraction of sp³-hybridized carbons (Fsp3) is 1.00. The Kier molecular flexibility index (Phi) is 20.9. The lowest BCUT2D eigenvalue weighted by Gasteiger charge is -2.31. The highest BCUT2D eigenvalue weighted by Crippen LogP contribution is 2.17. The molecule has 0 bridgehead atoms. The second-order valence-corrected chi connectivity index (χ2v) is 12.3. The van der Waals surface area contributed by atoms with E-state index in [1.165, 1.54) is 103 Å². The Morgan fingerprint density at radius 1 is 0.643 bits per heavy atom. The Balaban J connectivity index is 3.37. The van der Waals surface area contributed by atoms with Crippen LogP contribution in [0, 0.1) is 0 Å². The van der Waals surface area contributed by atoms with Gasteiger partial charge in [-0.15, -0.1) is 11.6 Å². The summed E-state index contributed by atoms with van der Waals surface area (Å²) in [7, 11) is 0.979. The summed E-state index contributed by atoms with van der Waals surface area (Å²) in [6.45, 7) is 5.31. The fourth-order valence-electron chi connectivity index (χ4n) is 3.80. The zero-order valence-electron chi connectivity index (χ0n) is 19.5. The van der Waals surface area contributed by atoms with Crippen LogP contribution in [0.1, 0.15) is 123 Å². The summed E-state index contributed by atoms with van der Waals surface area (Å²) in [6, 6.07) is 0. The van der Waals surface area contributed by atoms with Crippen molar-refractivity contribution in [3.63, 3.8) is 0 Å². The molecule has 0 saturated carbocycles. The lowest BCUT2D eigenvalue weighted by atomic mass is 10.0. The largest absolute Gasteiger partial charge is 0.443 e. The van der Waals surface area contributed by atoms with Crippen molar-refractivity contribution < 1.29 is 8.85 Å². The molecule has 0 fully saturated rings. The van der Waals surface area contributed by atoms with Crippen LogP contribution < -0.4 is 4.98 Å². The summed E-state index contributed by atoms with van der Waals surface area (Å²) in [5.41, 5.74) is 0. The van der Waals surface area contributed by atoms with Crippen molar-refractivity contribution >= 4 is 20.3 Å². The average Bonchev–Trinajstić information content (AvgIpc) is 2.73.